The Kier molecular flexibility index (Phi) is 8.91. The van der Waals surface area contributed by atoms with Crippen LogP contribution in [-0.4, -0.2) is 9.52 Å². The summed E-state index contributed by atoms with van der Waals surface area (Å²) in [7, 11) is 17.4. The van der Waals surface area contributed by atoms with E-state index in [0.717, 1.165) is 0 Å². The average molecular weight is 838 g/mol. The fraction of sp³-hybridized carbons (Fsp3) is 0.200. The second kappa shape index (κ2) is 13.3. The molecule has 9 rings (SSSR count). The van der Waals surface area contributed by atoms with E-state index in [9.17, 15) is 0 Å². The van der Waals surface area contributed by atoms with Crippen LogP contribution in [0, 0.1) is 0 Å². The van der Waals surface area contributed by atoms with Crippen LogP contribution in [0.5, 0.6) is 0 Å². The molecule has 2 atom stereocenters. The van der Waals surface area contributed by atoms with Crippen LogP contribution < -0.4 is 13.6 Å². The van der Waals surface area contributed by atoms with Gasteiger partial charge in [0.05, 0.1) is 0 Å². The van der Waals surface area contributed by atoms with Gasteiger partial charge in [0.1, 0.15) is 0 Å². The van der Waals surface area contributed by atoms with Gasteiger partial charge in [-0.25, -0.2) is 0 Å². The first-order valence-electron chi connectivity index (χ1n) is 19.6. The van der Waals surface area contributed by atoms with Crippen molar-refractivity contribution >= 4 is 52.3 Å². The summed E-state index contributed by atoms with van der Waals surface area (Å²) in [5.74, 6) is 0.737. The number of rotatable bonds is 7. The molecule has 6 aromatic rings. The summed E-state index contributed by atoms with van der Waals surface area (Å²) in [6.07, 6.45) is 4.90. The number of fused-ring (bicyclic) bond motifs is 5. The molecule has 0 spiro atoms. The fourth-order valence-electron chi connectivity index (χ4n) is 10.5. The Morgan fingerprint density at radius 3 is 1.48 bits per heavy atom. The summed E-state index contributed by atoms with van der Waals surface area (Å²) < 4.78 is 1.09. The van der Waals surface area contributed by atoms with E-state index in [0.29, 0.717) is 11.8 Å². The van der Waals surface area contributed by atoms with E-state index in [1.165, 1.54) is 91.6 Å². The zero-order valence-electron chi connectivity index (χ0n) is 32.1. The predicted molar refractivity (Wildman–Crippen MR) is 236 cm³/mol. The third-order valence-electron chi connectivity index (χ3n) is 12.7. The number of benzene rings is 6. The first-order chi connectivity index (χ1) is 26.0. The van der Waals surface area contributed by atoms with E-state index in [2.05, 4.69) is 181 Å². The molecule has 4 heteroatoms. The molecule has 54 heavy (non-hydrogen) atoms. The standard InChI is InChI=1S/2C19H19.C12H9Si.2ClH.Zr/c2*1-13(2)17-10-9-16-11-14(3)12-18(16)19(17)15-7-5-4-6-8-15;1-3-7-11-9(5-1)10-6-2-4-8-12(10)13-11;;;/h2*4-13H,1-3H3;1-7H,13H2;2*1H;/q;;;;;+2/p-2. The molecule has 6 aromatic carbocycles. The number of hydrogen-bond acceptors (Lipinski definition) is 0. The summed E-state index contributed by atoms with van der Waals surface area (Å²) in [5.41, 5.74) is 18.3. The molecule has 3 aliphatic rings. The van der Waals surface area contributed by atoms with Crippen molar-refractivity contribution in [2.75, 3.05) is 0 Å². The molecule has 0 aromatic heterocycles. The summed E-state index contributed by atoms with van der Waals surface area (Å²) in [5, 5.41) is 2.95. The summed E-state index contributed by atoms with van der Waals surface area (Å²) in [6, 6.07) is 47.4. The quantitative estimate of drug-likeness (QED) is 0.140. The van der Waals surface area contributed by atoms with Crippen molar-refractivity contribution in [2.45, 2.75) is 60.6 Å². The van der Waals surface area contributed by atoms with Crippen LogP contribution in [0.25, 0.3) is 45.5 Å². The second-order valence-electron chi connectivity index (χ2n) is 16.6. The molecule has 0 N–H and O–H groups in total. The molecule has 0 saturated carbocycles. The van der Waals surface area contributed by atoms with Crippen molar-refractivity contribution in [3.63, 3.8) is 0 Å². The van der Waals surface area contributed by atoms with Gasteiger partial charge in [0.15, 0.2) is 0 Å². The van der Waals surface area contributed by atoms with Gasteiger partial charge in [-0.15, -0.1) is 0 Å². The van der Waals surface area contributed by atoms with E-state index in [-0.39, 0.29) is 7.25 Å². The van der Waals surface area contributed by atoms with Crippen LogP contribution >= 0.6 is 17.0 Å². The normalized spacial score (nSPS) is 18.2. The maximum absolute atomic E-state index is 9.12. The zero-order chi connectivity index (χ0) is 37.5. The topological polar surface area (TPSA) is 0 Å². The van der Waals surface area contributed by atoms with E-state index in [1.807, 2.05) is 0 Å². The minimum atomic E-state index is -5.50. The van der Waals surface area contributed by atoms with Crippen LogP contribution in [0.4, 0.5) is 0 Å². The third kappa shape index (κ3) is 5.31. The summed E-state index contributed by atoms with van der Waals surface area (Å²) in [4.78, 5) is 0. The van der Waals surface area contributed by atoms with Gasteiger partial charge in [0.25, 0.3) is 0 Å². The van der Waals surface area contributed by atoms with E-state index >= 15 is 0 Å². The Hall–Kier alpha value is -3.52. The van der Waals surface area contributed by atoms with E-state index in [1.54, 1.807) is 0 Å². The Balaban J connectivity index is 1.36. The predicted octanol–water partition coefficient (Wildman–Crippen LogP) is 12.3. The fourth-order valence-corrected chi connectivity index (χ4v) is 39.3. The molecule has 0 amide bonds. The maximum atomic E-state index is 9.12. The van der Waals surface area contributed by atoms with Gasteiger partial charge in [-0.05, 0) is 0 Å². The first kappa shape index (κ1) is 36.1. The molecule has 1 heterocycles. The van der Waals surface area contributed by atoms with Crippen molar-refractivity contribution in [2.24, 2.45) is 0 Å². The van der Waals surface area contributed by atoms with Crippen LogP contribution in [0.1, 0.15) is 94.0 Å². The van der Waals surface area contributed by atoms with E-state index in [4.69, 9.17) is 17.0 Å². The van der Waals surface area contributed by atoms with Gasteiger partial charge < -0.3 is 0 Å². The molecule has 269 valence electrons. The van der Waals surface area contributed by atoms with Crippen LogP contribution in [-0.2, 0) is 16.4 Å². The van der Waals surface area contributed by atoms with Crippen molar-refractivity contribution in [3.05, 3.63) is 172 Å². The van der Waals surface area contributed by atoms with Gasteiger partial charge in [0, 0.05) is 0 Å². The molecule has 0 radical (unpaired) electrons. The second-order valence-corrected chi connectivity index (χ2v) is 39.0. The minimum absolute atomic E-state index is 0.0955. The van der Waals surface area contributed by atoms with Crippen molar-refractivity contribution in [1.82, 2.24) is 0 Å². The number of allylic oxidation sites excluding steroid dienone is 2. The van der Waals surface area contributed by atoms with Gasteiger partial charge in [-0.3, -0.25) is 0 Å². The third-order valence-corrected chi connectivity index (χ3v) is 35.9. The SMILES string of the molecule is CC1=Cc2c(ccc(C(C)C)c2-c2ccccc2)[CH]1[Zr]([Cl])([Cl])([c]1cccc2c1[SiH2]c1ccccc1-2)[CH]1C(C)=Cc2c1ccc(C(C)C)c2-c1ccccc1. The Labute approximate surface area is 332 Å². The van der Waals surface area contributed by atoms with E-state index < -0.39 is 25.9 Å². The molecule has 0 bridgehead atoms. The average Bonchev–Trinajstić information content (AvgIpc) is 3.84. The molecule has 1 aliphatic heterocycles. The van der Waals surface area contributed by atoms with Gasteiger partial charge in [-0.2, -0.15) is 0 Å². The van der Waals surface area contributed by atoms with Gasteiger partial charge >= 0.3 is 335 Å². The number of hydrogen-bond donors (Lipinski definition) is 0. The molecule has 2 aliphatic carbocycles. The zero-order valence-corrected chi connectivity index (χ0v) is 37.4. The molecule has 2 unspecified atom stereocenters. The van der Waals surface area contributed by atoms with Gasteiger partial charge in [0.2, 0.25) is 0 Å². The van der Waals surface area contributed by atoms with Crippen LogP contribution in [0.2, 0.25) is 0 Å². The first-order valence-corrected chi connectivity index (χ1v) is 31.4. The van der Waals surface area contributed by atoms with Crippen molar-refractivity contribution < 1.29 is 16.4 Å². The van der Waals surface area contributed by atoms with Crippen molar-refractivity contribution in [3.8, 4) is 33.4 Å². The molecular weight excluding hydrogens is 791 g/mol. The van der Waals surface area contributed by atoms with Gasteiger partial charge in [-0.1, -0.05) is 0 Å². The summed E-state index contributed by atoms with van der Waals surface area (Å²) in [6.45, 7) is 13.9. The molecular formula is C50H47Cl2SiZr. The Bertz CT molecular complexity index is 2420. The van der Waals surface area contributed by atoms with Crippen LogP contribution in [0.3, 0.4) is 0 Å². The van der Waals surface area contributed by atoms with Crippen molar-refractivity contribution in [1.29, 1.82) is 0 Å². The molecule has 0 nitrogen and oxygen atoms in total. The monoisotopic (exact) mass is 835 g/mol. The summed E-state index contributed by atoms with van der Waals surface area (Å²) >= 11 is -5.50. The Morgan fingerprint density at radius 1 is 0.519 bits per heavy atom. The number of halogens is 2. The molecule has 0 saturated heterocycles. The Morgan fingerprint density at radius 2 is 0.981 bits per heavy atom. The molecule has 0 fully saturated rings. The van der Waals surface area contributed by atoms with Crippen LogP contribution in [0.15, 0.2) is 139 Å².